The topological polar surface area (TPSA) is 98.0 Å². The number of aliphatic hydroxyl groups excluding tert-OH is 1. The standard InChI is InChI=1S/C20H20O5/c1-13(12-21)2-8-16-19(24)11-9-17(20(16)25)18(23)10-5-14-3-6-15(22)7-4-14/h2-7,9-11,21-22,24-25H,8,12H2,1H3/b10-5+,13-2-. The maximum absolute atomic E-state index is 12.3. The number of benzene rings is 2. The second-order valence-corrected chi connectivity index (χ2v) is 5.66. The minimum absolute atomic E-state index is 0.0814. The number of aromatic hydroxyl groups is 3. The second-order valence-electron chi connectivity index (χ2n) is 5.66. The summed E-state index contributed by atoms with van der Waals surface area (Å²) in [6.07, 6.45) is 4.77. The van der Waals surface area contributed by atoms with Crippen LogP contribution in [0, 0.1) is 0 Å². The fraction of sp³-hybridized carbons (Fsp3) is 0.150. The molecule has 2 aromatic carbocycles. The smallest absolute Gasteiger partial charge is 0.189 e. The molecule has 0 spiro atoms. The first-order chi connectivity index (χ1) is 11.9. The van der Waals surface area contributed by atoms with Crippen molar-refractivity contribution in [2.45, 2.75) is 13.3 Å². The lowest BCUT2D eigenvalue weighted by Gasteiger charge is -2.09. The molecular formula is C20H20O5. The zero-order valence-electron chi connectivity index (χ0n) is 13.8. The van der Waals surface area contributed by atoms with Crippen molar-refractivity contribution in [1.29, 1.82) is 0 Å². The summed E-state index contributed by atoms with van der Waals surface area (Å²) in [4.78, 5) is 12.3. The van der Waals surface area contributed by atoms with E-state index in [1.54, 1.807) is 31.2 Å². The Morgan fingerprint density at radius 2 is 1.72 bits per heavy atom. The van der Waals surface area contributed by atoms with Crippen molar-refractivity contribution >= 4 is 11.9 Å². The summed E-state index contributed by atoms with van der Waals surface area (Å²) >= 11 is 0. The molecule has 0 unspecified atom stereocenters. The molecule has 0 aliphatic rings. The van der Waals surface area contributed by atoms with E-state index in [9.17, 15) is 20.1 Å². The summed E-state index contributed by atoms with van der Waals surface area (Å²) in [5, 5.41) is 38.5. The van der Waals surface area contributed by atoms with Gasteiger partial charge < -0.3 is 20.4 Å². The zero-order chi connectivity index (χ0) is 18.4. The first-order valence-electron chi connectivity index (χ1n) is 7.74. The van der Waals surface area contributed by atoms with Crippen molar-refractivity contribution < 1.29 is 25.2 Å². The highest BCUT2D eigenvalue weighted by molar-refractivity contribution is 6.09. The Morgan fingerprint density at radius 3 is 2.36 bits per heavy atom. The molecule has 0 amide bonds. The molecule has 0 radical (unpaired) electrons. The maximum Gasteiger partial charge on any atom is 0.189 e. The van der Waals surface area contributed by atoms with Crippen LogP contribution in [0.3, 0.4) is 0 Å². The lowest BCUT2D eigenvalue weighted by molar-refractivity contribution is 0.104. The van der Waals surface area contributed by atoms with Gasteiger partial charge in [0.05, 0.1) is 12.2 Å². The van der Waals surface area contributed by atoms with Gasteiger partial charge in [0.1, 0.15) is 17.2 Å². The summed E-state index contributed by atoms with van der Waals surface area (Å²) < 4.78 is 0. The normalized spacial score (nSPS) is 11.8. The first-order valence-corrected chi connectivity index (χ1v) is 7.74. The molecule has 130 valence electrons. The summed E-state index contributed by atoms with van der Waals surface area (Å²) in [6.45, 7) is 1.61. The molecular weight excluding hydrogens is 320 g/mol. The fourth-order valence-electron chi connectivity index (χ4n) is 2.21. The van der Waals surface area contributed by atoms with E-state index in [0.717, 1.165) is 5.56 Å². The average Bonchev–Trinajstić information content (AvgIpc) is 2.60. The van der Waals surface area contributed by atoms with Crippen LogP contribution in [0.5, 0.6) is 17.2 Å². The third-order valence-electron chi connectivity index (χ3n) is 3.75. The van der Waals surface area contributed by atoms with E-state index < -0.39 is 5.78 Å². The average molecular weight is 340 g/mol. The molecule has 0 heterocycles. The Balaban J connectivity index is 2.26. The number of carbonyl (C=O) groups is 1. The van der Waals surface area contributed by atoms with Crippen molar-refractivity contribution in [3.63, 3.8) is 0 Å². The molecule has 0 atom stereocenters. The molecule has 25 heavy (non-hydrogen) atoms. The van der Waals surface area contributed by atoms with Crippen LogP contribution in [0.2, 0.25) is 0 Å². The molecule has 0 saturated carbocycles. The molecule has 2 aromatic rings. The van der Waals surface area contributed by atoms with Crippen LogP contribution in [0.1, 0.15) is 28.4 Å². The highest BCUT2D eigenvalue weighted by Crippen LogP contribution is 2.32. The van der Waals surface area contributed by atoms with Crippen LogP contribution >= 0.6 is 0 Å². The SMILES string of the molecule is C/C(=C/Cc1c(O)ccc(C(=O)/C=C/c2ccc(O)cc2)c1O)CO. The van der Waals surface area contributed by atoms with Crippen molar-refractivity contribution in [2.24, 2.45) is 0 Å². The van der Waals surface area contributed by atoms with Crippen LogP contribution in [-0.2, 0) is 6.42 Å². The van der Waals surface area contributed by atoms with E-state index in [0.29, 0.717) is 5.57 Å². The molecule has 0 saturated heterocycles. The predicted molar refractivity (Wildman–Crippen MR) is 95.8 cm³/mol. The number of carbonyl (C=O) groups excluding carboxylic acids is 1. The van der Waals surface area contributed by atoms with Crippen LogP contribution in [0.25, 0.3) is 6.08 Å². The van der Waals surface area contributed by atoms with E-state index >= 15 is 0 Å². The third-order valence-corrected chi connectivity index (χ3v) is 3.75. The minimum atomic E-state index is -0.408. The molecule has 0 aromatic heterocycles. The molecule has 4 N–H and O–H groups in total. The largest absolute Gasteiger partial charge is 0.508 e. The summed E-state index contributed by atoms with van der Waals surface area (Å²) in [5.41, 5.74) is 1.74. The number of aliphatic hydroxyl groups is 1. The van der Waals surface area contributed by atoms with E-state index in [4.69, 9.17) is 5.11 Å². The minimum Gasteiger partial charge on any atom is -0.508 e. The second kappa shape index (κ2) is 8.17. The monoisotopic (exact) mass is 340 g/mol. The van der Waals surface area contributed by atoms with Crippen LogP contribution in [0.4, 0.5) is 0 Å². The lowest BCUT2D eigenvalue weighted by Crippen LogP contribution is -1.98. The van der Waals surface area contributed by atoms with Gasteiger partial charge in [-0.15, -0.1) is 0 Å². The number of phenolic OH excluding ortho intramolecular Hbond substituents is 3. The number of allylic oxidation sites excluding steroid dienone is 2. The van der Waals surface area contributed by atoms with Gasteiger partial charge in [-0.05, 0) is 49.2 Å². The van der Waals surface area contributed by atoms with Gasteiger partial charge in [0, 0.05) is 5.56 Å². The van der Waals surface area contributed by atoms with Gasteiger partial charge in [0.15, 0.2) is 5.78 Å². The molecule has 5 nitrogen and oxygen atoms in total. The van der Waals surface area contributed by atoms with Gasteiger partial charge in [0.25, 0.3) is 0 Å². The zero-order valence-corrected chi connectivity index (χ0v) is 13.8. The van der Waals surface area contributed by atoms with Crippen LogP contribution in [-0.4, -0.2) is 32.8 Å². The van der Waals surface area contributed by atoms with E-state index in [1.807, 2.05) is 0 Å². The van der Waals surface area contributed by atoms with Crippen molar-refractivity contribution in [3.8, 4) is 17.2 Å². The molecule has 0 aliphatic heterocycles. The molecule has 2 rings (SSSR count). The lowest BCUT2D eigenvalue weighted by atomic mass is 10.0. The Bertz CT molecular complexity index is 817. The number of hydrogen-bond donors (Lipinski definition) is 4. The van der Waals surface area contributed by atoms with E-state index in [1.165, 1.54) is 30.3 Å². The maximum atomic E-state index is 12.3. The van der Waals surface area contributed by atoms with Gasteiger partial charge in [-0.2, -0.15) is 0 Å². The van der Waals surface area contributed by atoms with Crippen molar-refractivity contribution in [1.82, 2.24) is 0 Å². The van der Waals surface area contributed by atoms with Crippen LogP contribution in [0.15, 0.2) is 54.1 Å². The number of phenols is 3. The quantitative estimate of drug-likeness (QED) is 0.368. The highest BCUT2D eigenvalue weighted by atomic mass is 16.3. The van der Waals surface area contributed by atoms with Crippen molar-refractivity contribution in [2.75, 3.05) is 6.61 Å². The number of rotatable bonds is 6. The molecule has 0 fully saturated rings. The highest BCUT2D eigenvalue weighted by Gasteiger charge is 2.15. The first kappa shape index (κ1) is 18.3. The molecule has 5 heteroatoms. The number of ketones is 1. The summed E-state index contributed by atoms with van der Waals surface area (Å²) in [7, 11) is 0. The van der Waals surface area contributed by atoms with E-state index in [2.05, 4.69) is 0 Å². The third kappa shape index (κ3) is 4.71. The molecule has 0 aliphatic carbocycles. The Hall–Kier alpha value is -3.05. The fourth-order valence-corrected chi connectivity index (χ4v) is 2.21. The van der Waals surface area contributed by atoms with Gasteiger partial charge in [-0.3, -0.25) is 4.79 Å². The summed E-state index contributed by atoms with van der Waals surface area (Å²) in [5.74, 6) is -0.661. The predicted octanol–water partition coefficient (Wildman–Crippen LogP) is 3.18. The van der Waals surface area contributed by atoms with Gasteiger partial charge in [0.2, 0.25) is 0 Å². The van der Waals surface area contributed by atoms with E-state index in [-0.39, 0.29) is 41.4 Å². The van der Waals surface area contributed by atoms with Gasteiger partial charge in [-0.25, -0.2) is 0 Å². The summed E-state index contributed by atoms with van der Waals surface area (Å²) in [6, 6.07) is 9.05. The number of hydrogen-bond acceptors (Lipinski definition) is 5. The Kier molecular flexibility index (Phi) is 5.98. The van der Waals surface area contributed by atoms with Gasteiger partial charge in [-0.1, -0.05) is 29.9 Å². The Morgan fingerprint density at radius 1 is 1.04 bits per heavy atom. The van der Waals surface area contributed by atoms with Crippen molar-refractivity contribution in [3.05, 3.63) is 70.8 Å². The van der Waals surface area contributed by atoms with Crippen LogP contribution < -0.4 is 0 Å². The van der Waals surface area contributed by atoms with Gasteiger partial charge >= 0.3 is 0 Å². The molecule has 0 bridgehead atoms. The Labute approximate surface area is 145 Å².